The maximum atomic E-state index is 13.8. The molecule has 0 spiro atoms. The van der Waals surface area contributed by atoms with Crippen LogP contribution < -0.4 is 15.5 Å². The molecule has 2 aromatic rings. The minimum atomic E-state index is -0.909. The fourth-order valence-corrected chi connectivity index (χ4v) is 3.09. The molecule has 2 rings (SSSR count). The van der Waals surface area contributed by atoms with Crippen molar-refractivity contribution < 1.29 is 23.8 Å². The molecule has 0 saturated heterocycles. The quantitative estimate of drug-likeness (QED) is 0.301. The van der Waals surface area contributed by atoms with Gasteiger partial charge in [0, 0.05) is 0 Å². The number of hydrazone groups is 1. The number of phenols is 1. The second-order valence-electron chi connectivity index (χ2n) is 6.46. The van der Waals surface area contributed by atoms with E-state index in [1.54, 1.807) is 32.0 Å². The number of methoxy groups -OCH3 is 1. The standard InChI is InChI=1S/C20H21FIN3O4/c1-11(2)17(24-19(27)13-6-4-5-7-14(13)21)20(28)25-23-10-12-8-15(22)18(26)16(9-12)29-3/h4-11,17,26H,1-3H3,(H,24,27)(H,25,28)/b23-10+. The number of hydrogen-bond acceptors (Lipinski definition) is 5. The molecule has 9 heteroatoms. The van der Waals surface area contributed by atoms with Gasteiger partial charge < -0.3 is 15.2 Å². The number of halogens is 2. The lowest BCUT2D eigenvalue weighted by molar-refractivity contribution is -0.123. The number of amides is 2. The van der Waals surface area contributed by atoms with Gasteiger partial charge in [-0.05, 0) is 58.3 Å². The highest BCUT2D eigenvalue weighted by molar-refractivity contribution is 14.1. The smallest absolute Gasteiger partial charge is 0.262 e. The lowest BCUT2D eigenvalue weighted by Gasteiger charge is -2.20. The summed E-state index contributed by atoms with van der Waals surface area (Å²) in [5, 5.41) is 16.3. The molecule has 1 atom stereocenters. The number of carbonyl (C=O) groups is 2. The number of aromatic hydroxyl groups is 1. The number of benzene rings is 2. The van der Waals surface area contributed by atoms with Gasteiger partial charge in [-0.1, -0.05) is 26.0 Å². The zero-order chi connectivity index (χ0) is 21.6. The third kappa shape index (κ3) is 5.89. The fraction of sp³-hybridized carbons (Fsp3) is 0.250. The number of ether oxygens (including phenoxy) is 1. The summed E-state index contributed by atoms with van der Waals surface area (Å²) in [6, 6.07) is 7.86. The molecule has 0 bridgehead atoms. The molecule has 0 aliphatic heterocycles. The zero-order valence-corrected chi connectivity index (χ0v) is 18.2. The first-order chi connectivity index (χ1) is 13.7. The van der Waals surface area contributed by atoms with Crippen molar-refractivity contribution in [2.24, 2.45) is 11.0 Å². The van der Waals surface area contributed by atoms with Crippen LogP contribution in [0.4, 0.5) is 4.39 Å². The first kappa shape index (κ1) is 22.6. The Hall–Kier alpha value is -2.69. The number of rotatable bonds is 7. The van der Waals surface area contributed by atoms with Crippen LogP contribution in [-0.2, 0) is 4.79 Å². The Balaban J connectivity index is 2.08. The van der Waals surface area contributed by atoms with E-state index in [0.29, 0.717) is 9.13 Å². The van der Waals surface area contributed by atoms with E-state index in [2.05, 4.69) is 15.8 Å². The normalized spacial score (nSPS) is 12.1. The molecule has 0 saturated carbocycles. The van der Waals surface area contributed by atoms with Crippen LogP contribution in [0.25, 0.3) is 0 Å². The summed E-state index contributed by atoms with van der Waals surface area (Å²) in [5.41, 5.74) is 2.83. The minimum absolute atomic E-state index is 0.0185. The zero-order valence-electron chi connectivity index (χ0n) is 16.1. The van der Waals surface area contributed by atoms with Crippen molar-refractivity contribution in [2.75, 3.05) is 7.11 Å². The van der Waals surface area contributed by atoms with Gasteiger partial charge >= 0.3 is 0 Å². The number of phenolic OH excluding ortho intramolecular Hbond substituents is 1. The molecule has 2 aromatic carbocycles. The maximum absolute atomic E-state index is 13.8. The molecule has 0 aromatic heterocycles. The van der Waals surface area contributed by atoms with Crippen LogP contribution in [0.15, 0.2) is 41.5 Å². The van der Waals surface area contributed by atoms with Crippen molar-refractivity contribution in [3.8, 4) is 11.5 Å². The van der Waals surface area contributed by atoms with Crippen LogP contribution in [0.5, 0.6) is 11.5 Å². The van der Waals surface area contributed by atoms with Gasteiger partial charge in [0.1, 0.15) is 11.9 Å². The summed E-state index contributed by atoms with van der Waals surface area (Å²) < 4.78 is 19.4. The average Bonchev–Trinajstić information content (AvgIpc) is 2.68. The minimum Gasteiger partial charge on any atom is -0.504 e. The van der Waals surface area contributed by atoms with Gasteiger partial charge in [-0.3, -0.25) is 9.59 Å². The molecule has 1 unspecified atom stereocenters. The van der Waals surface area contributed by atoms with E-state index in [0.717, 1.165) is 0 Å². The van der Waals surface area contributed by atoms with Gasteiger partial charge in [-0.15, -0.1) is 0 Å². The molecule has 29 heavy (non-hydrogen) atoms. The van der Waals surface area contributed by atoms with Gasteiger partial charge in [0.05, 0.1) is 22.5 Å². The monoisotopic (exact) mass is 513 g/mol. The summed E-state index contributed by atoms with van der Waals surface area (Å²) in [7, 11) is 1.43. The molecule has 0 fully saturated rings. The highest BCUT2D eigenvalue weighted by atomic mass is 127. The van der Waals surface area contributed by atoms with Crippen LogP contribution in [0.2, 0.25) is 0 Å². The van der Waals surface area contributed by atoms with E-state index in [1.807, 2.05) is 22.6 Å². The SMILES string of the molecule is COc1cc(/C=N/NC(=O)C(NC(=O)c2ccccc2F)C(C)C)cc(I)c1O. The molecule has 7 nitrogen and oxygen atoms in total. The topological polar surface area (TPSA) is 100 Å². The summed E-state index contributed by atoms with van der Waals surface area (Å²) in [5.74, 6) is -1.84. The highest BCUT2D eigenvalue weighted by Crippen LogP contribution is 2.31. The molecule has 0 radical (unpaired) electrons. The van der Waals surface area contributed by atoms with Crippen molar-refractivity contribution in [1.82, 2.24) is 10.7 Å². The Morgan fingerprint density at radius 2 is 1.97 bits per heavy atom. The number of nitrogens with one attached hydrogen (secondary N) is 2. The van der Waals surface area contributed by atoms with E-state index in [4.69, 9.17) is 4.74 Å². The van der Waals surface area contributed by atoms with Gasteiger partial charge in [-0.25, -0.2) is 9.82 Å². The van der Waals surface area contributed by atoms with Crippen LogP contribution >= 0.6 is 22.6 Å². The summed E-state index contributed by atoms with van der Waals surface area (Å²) in [6.07, 6.45) is 1.39. The van der Waals surface area contributed by atoms with Gasteiger partial charge in [0.2, 0.25) is 0 Å². The van der Waals surface area contributed by atoms with Gasteiger partial charge in [-0.2, -0.15) is 5.10 Å². The van der Waals surface area contributed by atoms with Crippen LogP contribution in [0, 0.1) is 15.3 Å². The lowest BCUT2D eigenvalue weighted by Crippen LogP contribution is -2.48. The fourth-order valence-electron chi connectivity index (χ4n) is 2.46. The number of nitrogens with zero attached hydrogens (tertiary/aromatic N) is 1. The average molecular weight is 513 g/mol. The second-order valence-corrected chi connectivity index (χ2v) is 7.63. The Morgan fingerprint density at radius 1 is 1.28 bits per heavy atom. The molecule has 0 heterocycles. The summed E-state index contributed by atoms with van der Waals surface area (Å²) in [6.45, 7) is 3.51. The predicted octanol–water partition coefficient (Wildman–Crippen LogP) is 3.05. The van der Waals surface area contributed by atoms with Crippen LogP contribution in [-0.4, -0.2) is 36.3 Å². The van der Waals surface area contributed by atoms with Crippen molar-refractivity contribution >= 4 is 40.6 Å². The maximum Gasteiger partial charge on any atom is 0.262 e. The summed E-state index contributed by atoms with van der Waals surface area (Å²) in [4.78, 5) is 24.8. The lowest BCUT2D eigenvalue weighted by atomic mass is 10.0. The van der Waals surface area contributed by atoms with Crippen LogP contribution in [0.1, 0.15) is 29.8 Å². The molecule has 0 aliphatic carbocycles. The van der Waals surface area contributed by atoms with E-state index in [-0.39, 0.29) is 23.0 Å². The Kier molecular flexibility index (Phi) is 7.94. The van der Waals surface area contributed by atoms with Gasteiger partial charge in [0.25, 0.3) is 11.8 Å². The first-order valence-corrected chi connectivity index (χ1v) is 9.77. The third-order valence-electron chi connectivity index (χ3n) is 4.01. The van der Waals surface area contributed by atoms with E-state index >= 15 is 0 Å². The predicted molar refractivity (Wildman–Crippen MR) is 116 cm³/mol. The van der Waals surface area contributed by atoms with Crippen molar-refractivity contribution in [3.63, 3.8) is 0 Å². The van der Waals surface area contributed by atoms with E-state index in [1.165, 1.54) is 31.5 Å². The molecule has 2 amide bonds. The van der Waals surface area contributed by atoms with E-state index in [9.17, 15) is 19.1 Å². The number of carbonyl (C=O) groups excluding carboxylic acids is 2. The molecule has 0 aliphatic rings. The van der Waals surface area contributed by atoms with Crippen molar-refractivity contribution in [2.45, 2.75) is 19.9 Å². The molecule has 154 valence electrons. The third-order valence-corrected chi connectivity index (χ3v) is 4.84. The van der Waals surface area contributed by atoms with E-state index < -0.39 is 23.7 Å². The summed E-state index contributed by atoms with van der Waals surface area (Å²) >= 11 is 1.95. The second kappa shape index (κ2) is 10.2. The molecule has 3 N–H and O–H groups in total. The van der Waals surface area contributed by atoms with Crippen molar-refractivity contribution in [1.29, 1.82) is 0 Å². The van der Waals surface area contributed by atoms with Gasteiger partial charge in [0.15, 0.2) is 11.5 Å². The number of hydrogen-bond donors (Lipinski definition) is 3. The Bertz CT molecular complexity index is 934. The molecular formula is C20H21FIN3O4. The Morgan fingerprint density at radius 3 is 2.59 bits per heavy atom. The largest absolute Gasteiger partial charge is 0.504 e. The first-order valence-electron chi connectivity index (χ1n) is 8.69. The van der Waals surface area contributed by atoms with Crippen molar-refractivity contribution in [3.05, 3.63) is 56.9 Å². The Labute approximate surface area is 181 Å². The van der Waals surface area contributed by atoms with Crippen LogP contribution in [0.3, 0.4) is 0 Å². The highest BCUT2D eigenvalue weighted by Gasteiger charge is 2.25. The molecular weight excluding hydrogens is 492 g/mol.